The van der Waals surface area contributed by atoms with E-state index in [0.29, 0.717) is 30.9 Å². The molecule has 2 aromatic carbocycles. The Morgan fingerprint density at radius 1 is 0.967 bits per heavy atom. The molecule has 5 atom stereocenters. The number of nitrogens with two attached hydrogens (primary N) is 1. The van der Waals surface area contributed by atoms with Crippen LogP contribution in [0.2, 0.25) is 0 Å². The van der Waals surface area contributed by atoms with Crippen LogP contribution in [0.1, 0.15) is 22.8 Å². The summed E-state index contributed by atoms with van der Waals surface area (Å²) in [6.45, 7) is 0.523. The molecule has 0 aliphatic carbocycles. The van der Waals surface area contributed by atoms with Gasteiger partial charge in [0.05, 0.1) is 13.2 Å². The maximum Gasteiger partial charge on any atom is 0.119 e. The topological polar surface area (TPSA) is 135 Å². The van der Waals surface area contributed by atoms with Crippen LogP contribution in [0.5, 0.6) is 5.75 Å². The van der Waals surface area contributed by atoms with Crippen LogP contribution in [0, 0.1) is 0 Å². The summed E-state index contributed by atoms with van der Waals surface area (Å²) in [7, 11) is 1.62. The molecule has 1 fully saturated rings. The molecular weight excluding hydrogens is 390 g/mol. The summed E-state index contributed by atoms with van der Waals surface area (Å²) in [4.78, 5) is 0. The van der Waals surface area contributed by atoms with Gasteiger partial charge in [-0.15, -0.1) is 0 Å². The Morgan fingerprint density at radius 2 is 1.70 bits per heavy atom. The minimum Gasteiger partial charge on any atom is -0.491 e. The Labute approximate surface area is 175 Å². The van der Waals surface area contributed by atoms with E-state index in [1.54, 1.807) is 19.2 Å². The molecule has 0 spiro atoms. The van der Waals surface area contributed by atoms with Gasteiger partial charge in [0.25, 0.3) is 0 Å². The highest BCUT2D eigenvalue weighted by Gasteiger charge is 2.43. The third kappa shape index (κ3) is 5.10. The summed E-state index contributed by atoms with van der Waals surface area (Å²) in [5.41, 5.74) is 9.19. The molecule has 164 valence electrons. The lowest BCUT2D eigenvalue weighted by Gasteiger charge is -2.40. The fraction of sp³-hybridized carbons (Fsp3) is 0.455. The molecule has 1 aliphatic rings. The van der Waals surface area contributed by atoms with Crippen LogP contribution < -0.4 is 10.5 Å². The number of aliphatic hydroxyl groups excluding tert-OH is 4. The van der Waals surface area contributed by atoms with Crippen LogP contribution in [0.3, 0.4) is 0 Å². The number of hydrogen-bond donors (Lipinski definition) is 5. The van der Waals surface area contributed by atoms with Crippen molar-refractivity contribution in [3.63, 3.8) is 0 Å². The van der Waals surface area contributed by atoms with E-state index in [4.69, 9.17) is 19.9 Å². The highest BCUT2D eigenvalue weighted by Crippen LogP contribution is 2.34. The van der Waals surface area contributed by atoms with Gasteiger partial charge in [0.1, 0.15) is 42.9 Å². The average Bonchev–Trinajstić information content (AvgIpc) is 2.75. The summed E-state index contributed by atoms with van der Waals surface area (Å²) in [5.74, 6) is 0.749. The van der Waals surface area contributed by atoms with E-state index in [1.165, 1.54) is 0 Å². The first kappa shape index (κ1) is 22.5. The van der Waals surface area contributed by atoms with E-state index in [9.17, 15) is 20.4 Å². The van der Waals surface area contributed by atoms with Gasteiger partial charge in [0, 0.05) is 12.8 Å². The number of hydrogen-bond acceptors (Lipinski definition) is 8. The van der Waals surface area contributed by atoms with Crippen molar-refractivity contribution in [2.45, 2.75) is 36.9 Å². The van der Waals surface area contributed by atoms with Gasteiger partial charge in [0.2, 0.25) is 0 Å². The number of methoxy groups -OCH3 is 1. The van der Waals surface area contributed by atoms with E-state index in [-0.39, 0.29) is 0 Å². The lowest BCUT2D eigenvalue weighted by atomic mass is 9.89. The van der Waals surface area contributed by atoms with E-state index < -0.39 is 37.1 Å². The smallest absolute Gasteiger partial charge is 0.119 e. The predicted octanol–water partition coefficient (Wildman–Crippen LogP) is 0.400. The van der Waals surface area contributed by atoms with Crippen molar-refractivity contribution < 1.29 is 34.6 Å². The maximum absolute atomic E-state index is 10.4. The van der Waals surface area contributed by atoms with Gasteiger partial charge in [-0.3, -0.25) is 0 Å². The average molecular weight is 419 g/mol. The summed E-state index contributed by atoms with van der Waals surface area (Å²) < 4.78 is 16.2. The van der Waals surface area contributed by atoms with Gasteiger partial charge < -0.3 is 40.4 Å². The molecule has 0 radical (unpaired) electrons. The van der Waals surface area contributed by atoms with E-state index in [2.05, 4.69) is 0 Å². The molecule has 3 rings (SSSR count). The zero-order chi connectivity index (χ0) is 21.7. The van der Waals surface area contributed by atoms with Crippen molar-refractivity contribution in [1.29, 1.82) is 0 Å². The quantitative estimate of drug-likeness (QED) is 0.307. The fourth-order valence-corrected chi connectivity index (χ4v) is 3.50. The molecule has 0 aromatic heterocycles. The second-order valence-electron chi connectivity index (χ2n) is 7.37. The molecule has 30 heavy (non-hydrogen) atoms. The molecule has 0 unspecified atom stereocenters. The number of rotatable bonds is 8. The molecule has 2 aromatic rings. The Balaban J connectivity index is 1.75. The first-order valence-corrected chi connectivity index (χ1v) is 9.84. The van der Waals surface area contributed by atoms with Crippen LogP contribution >= 0.6 is 0 Å². The van der Waals surface area contributed by atoms with Gasteiger partial charge in [-0.1, -0.05) is 24.3 Å². The van der Waals surface area contributed by atoms with Crippen LogP contribution in [0.25, 0.3) is 0 Å². The molecule has 1 aliphatic heterocycles. The molecule has 8 heteroatoms. The molecule has 8 nitrogen and oxygen atoms in total. The van der Waals surface area contributed by atoms with Crippen LogP contribution in [-0.2, 0) is 15.9 Å². The van der Waals surface area contributed by atoms with Crippen molar-refractivity contribution >= 4 is 5.69 Å². The Morgan fingerprint density at radius 3 is 2.37 bits per heavy atom. The molecule has 0 bridgehead atoms. The number of anilines is 1. The zero-order valence-electron chi connectivity index (χ0n) is 16.8. The Hall–Kier alpha value is -2.20. The first-order chi connectivity index (χ1) is 14.4. The minimum absolute atomic E-state index is 0.470. The van der Waals surface area contributed by atoms with E-state index in [0.717, 1.165) is 16.9 Å². The summed E-state index contributed by atoms with van der Waals surface area (Å²) in [5, 5.41) is 39.8. The number of nitrogen functional groups attached to an aromatic ring is 1. The van der Waals surface area contributed by atoms with Crippen LogP contribution in [-0.4, -0.2) is 71.8 Å². The third-order valence-corrected chi connectivity index (χ3v) is 5.26. The summed E-state index contributed by atoms with van der Waals surface area (Å²) in [6.07, 6.45) is -5.44. The van der Waals surface area contributed by atoms with Crippen molar-refractivity contribution in [2.24, 2.45) is 0 Å². The standard InChI is InChI=1S/C22H29NO7/c1-28-8-9-29-16-5-2-13(3-6-16)10-15-11-14(4-7-17(15)23)22-21(27)20(26)19(25)18(12-24)30-22/h2-7,11,18-22,24-27H,8-10,12,23H2,1H3/t18-,19-,20+,21-,22+/m1/s1. The van der Waals surface area contributed by atoms with Gasteiger partial charge >= 0.3 is 0 Å². The number of aliphatic hydroxyl groups is 4. The molecule has 0 amide bonds. The van der Waals surface area contributed by atoms with Crippen molar-refractivity contribution in [2.75, 3.05) is 32.7 Å². The normalized spacial score (nSPS) is 26.5. The Bertz CT molecular complexity index is 812. The summed E-state index contributed by atoms with van der Waals surface area (Å²) >= 11 is 0. The zero-order valence-corrected chi connectivity index (χ0v) is 16.8. The van der Waals surface area contributed by atoms with Crippen molar-refractivity contribution in [3.8, 4) is 5.75 Å². The molecule has 1 saturated heterocycles. The van der Waals surface area contributed by atoms with Crippen LogP contribution in [0.4, 0.5) is 5.69 Å². The van der Waals surface area contributed by atoms with Gasteiger partial charge in [-0.25, -0.2) is 0 Å². The van der Waals surface area contributed by atoms with Gasteiger partial charge in [-0.05, 0) is 41.3 Å². The maximum atomic E-state index is 10.4. The molecule has 1 heterocycles. The largest absolute Gasteiger partial charge is 0.491 e. The third-order valence-electron chi connectivity index (χ3n) is 5.26. The number of benzene rings is 2. The fourth-order valence-electron chi connectivity index (χ4n) is 3.50. The molecule has 6 N–H and O–H groups in total. The first-order valence-electron chi connectivity index (χ1n) is 9.84. The second-order valence-corrected chi connectivity index (χ2v) is 7.37. The van der Waals surface area contributed by atoms with Crippen LogP contribution in [0.15, 0.2) is 42.5 Å². The summed E-state index contributed by atoms with van der Waals surface area (Å²) in [6, 6.07) is 12.9. The van der Waals surface area contributed by atoms with Crippen molar-refractivity contribution in [1.82, 2.24) is 0 Å². The highest BCUT2D eigenvalue weighted by molar-refractivity contribution is 5.51. The number of ether oxygens (including phenoxy) is 3. The lowest BCUT2D eigenvalue weighted by molar-refractivity contribution is -0.231. The highest BCUT2D eigenvalue weighted by atomic mass is 16.5. The van der Waals surface area contributed by atoms with Gasteiger partial charge in [0.15, 0.2) is 0 Å². The van der Waals surface area contributed by atoms with Gasteiger partial charge in [-0.2, -0.15) is 0 Å². The van der Waals surface area contributed by atoms with E-state index in [1.807, 2.05) is 30.3 Å². The second kappa shape index (κ2) is 10.2. The minimum atomic E-state index is -1.42. The Kier molecular flexibility index (Phi) is 7.65. The predicted molar refractivity (Wildman–Crippen MR) is 110 cm³/mol. The molecule has 0 saturated carbocycles. The van der Waals surface area contributed by atoms with E-state index >= 15 is 0 Å². The monoisotopic (exact) mass is 419 g/mol. The van der Waals surface area contributed by atoms with Crippen molar-refractivity contribution in [3.05, 3.63) is 59.2 Å². The molecular formula is C22H29NO7. The lowest BCUT2D eigenvalue weighted by Crippen LogP contribution is -2.55. The SMILES string of the molecule is COCCOc1ccc(Cc2cc([C@@H]3O[C@H](CO)[C@@H](O)[C@H](O)[C@H]3O)ccc2N)cc1.